The van der Waals surface area contributed by atoms with Gasteiger partial charge in [0.05, 0.1) is 6.42 Å². The molecule has 2 heterocycles. The van der Waals surface area contributed by atoms with Crippen molar-refractivity contribution in [1.82, 2.24) is 9.88 Å². The predicted molar refractivity (Wildman–Crippen MR) is 80.4 cm³/mol. The zero-order valence-corrected chi connectivity index (χ0v) is 11.6. The van der Waals surface area contributed by atoms with Gasteiger partial charge in [-0.3, -0.25) is 4.79 Å². The van der Waals surface area contributed by atoms with E-state index in [0.29, 0.717) is 6.42 Å². The molecule has 1 aromatic carbocycles. The Bertz CT molecular complexity index is 605. The number of hydrogen-bond acceptors (Lipinski definition) is 2. The molecule has 0 aliphatic carbocycles. The lowest BCUT2D eigenvalue weighted by Gasteiger charge is -2.20. The maximum atomic E-state index is 12.4. The average molecular weight is 271 g/mol. The lowest BCUT2D eigenvalue weighted by Crippen LogP contribution is -2.33. The van der Waals surface area contributed by atoms with Gasteiger partial charge in [-0.25, -0.2) is 0 Å². The Kier molecular flexibility index (Phi) is 3.74. The predicted octanol–water partition coefficient (Wildman–Crippen LogP) is 2.05. The Morgan fingerprint density at radius 3 is 3.05 bits per heavy atom. The largest absolute Gasteiger partial charge is 0.361 e. The second kappa shape index (κ2) is 5.67. The molecule has 1 atom stereocenters. The minimum Gasteiger partial charge on any atom is -0.361 e. The van der Waals surface area contributed by atoms with E-state index in [1.807, 2.05) is 29.3 Å². The van der Waals surface area contributed by atoms with Gasteiger partial charge in [-0.1, -0.05) is 18.2 Å². The van der Waals surface area contributed by atoms with Gasteiger partial charge in [-0.2, -0.15) is 0 Å². The third-order valence-electron chi connectivity index (χ3n) is 4.14. The van der Waals surface area contributed by atoms with Crippen LogP contribution in [0.1, 0.15) is 24.8 Å². The van der Waals surface area contributed by atoms with Crippen molar-refractivity contribution in [2.75, 3.05) is 13.1 Å². The third kappa shape index (κ3) is 2.70. The van der Waals surface area contributed by atoms with Crippen LogP contribution in [0.15, 0.2) is 30.5 Å². The molecule has 1 aliphatic rings. The van der Waals surface area contributed by atoms with E-state index in [2.05, 4.69) is 11.1 Å². The molecule has 0 unspecified atom stereocenters. The molecule has 106 valence electrons. The molecule has 3 N–H and O–H groups in total. The number of fused-ring (bicyclic) bond motifs is 1. The Balaban J connectivity index is 1.72. The summed E-state index contributed by atoms with van der Waals surface area (Å²) in [4.78, 5) is 17.6. The summed E-state index contributed by atoms with van der Waals surface area (Å²) in [6.07, 6.45) is 5.38. The second-order valence-electron chi connectivity index (χ2n) is 5.61. The van der Waals surface area contributed by atoms with Crippen molar-refractivity contribution in [3.05, 3.63) is 36.0 Å². The summed E-state index contributed by atoms with van der Waals surface area (Å²) in [5, 5.41) is 1.15. The number of carbonyl (C=O) groups excluding carboxylic acids is 1. The Morgan fingerprint density at radius 1 is 1.30 bits per heavy atom. The van der Waals surface area contributed by atoms with Crippen LogP contribution in [-0.2, 0) is 11.2 Å². The van der Waals surface area contributed by atoms with Gasteiger partial charge in [-0.15, -0.1) is 0 Å². The maximum absolute atomic E-state index is 12.4. The van der Waals surface area contributed by atoms with Crippen molar-refractivity contribution in [2.24, 2.45) is 5.73 Å². The molecule has 0 bridgehead atoms. The summed E-state index contributed by atoms with van der Waals surface area (Å²) >= 11 is 0. The normalized spacial score (nSPS) is 20.1. The number of benzene rings is 1. The minimum absolute atomic E-state index is 0.212. The van der Waals surface area contributed by atoms with Crippen LogP contribution in [0, 0.1) is 0 Å². The Morgan fingerprint density at radius 2 is 2.15 bits per heavy atom. The van der Waals surface area contributed by atoms with Crippen LogP contribution in [0.25, 0.3) is 10.9 Å². The summed E-state index contributed by atoms with van der Waals surface area (Å²) in [5.74, 6) is 0.212. The van der Waals surface area contributed by atoms with Crippen molar-refractivity contribution >= 4 is 16.8 Å². The molecule has 20 heavy (non-hydrogen) atoms. The zero-order chi connectivity index (χ0) is 13.9. The molecule has 4 heteroatoms. The molecular formula is C16H21N3O. The van der Waals surface area contributed by atoms with Crippen LogP contribution < -0.4 is 5.73 Å². The first-order valence-corrected chi connectivity index (χ1v) is 7.32. The number of aromatic amines is 1. The van der Waals surface area contributed by atoms with Crippen LogP contribution in [0.4, 0.5) is 0 Å². The van der Waals surface area contributed by atoms with E-state index in [0.717, 1.165) is 48.8 Å². The number of rotatable bonds is 2. The number of para-hydroxylation sites is 1. The molecule has 1 fully saturated rings. The number of aromatic nitrogens is 1. The van der Waals surface area contributed by atoms with Crippen LogP contribution in [-0.4, -0.2) is 34.9 Å². The van der Waals surface area contributed by atoms with Gasteiger partial charge in [0.2, 0.25) is 5.91 Å². The first-order chi connectivity index (χ1) is 9.74. The number of likely N-dealkylation sites (tertiary alicyclic amines) is 1. The molecule has 2 aromatic rings. The Hall–Kier alpha value is -1.81. The Labute approximate surface area is 118 Å². The van der Waals surface area contributed by atoms with Crippen molar-refractivity contribution < 1.29 is 4.79 Å². The van der Waals surface area contributed by atoms with Gasteiger partial charge in [0, 0.05) is 36.2 Å². The average Bonchev–Trinajstić information content (AvgIpc) is 2.72. The van der Waals surface area contributed by atoms with E-state index in [1.165, 1.54) is 0 Å². The topological polar surface area (TPSA) is 62.1 Å². The number of amides is 1. The summed E-state index contributed by atoms with van der Waals surface area (Å²) < 4.78 is 0. The molecule has 1 amide bonds. The fourth-order valence-electron chi connectivity index (χ4n) is 2.92. The third-order valence-corrected chi connectivity index (χ3v) is 4.14. The maximum Gasteiger partial charge on any atom is 0.227 e. The van der Waals surface area contributed by atoms with E-state index in [1.54, 1.807) is 0 Å². The highest BCUT2D eigenvalue weighted by Crippen LogP contribution is 2.19. The van der Waals surface area contributed by atoms with Gasteiger partial charge in [0.25, 0.3) is 0 Å². The number of carbonyl (C=O) groups is 1. The van der Waals surface area contributed by atoms with Crippen molar-refractivity contribution in [3.63, 3.8) is 0 Å². The summed E-state index contributed by atoms with van der Waals surface area (Å²) in [6.45, 7) is 1.64. The van der Waals surface area contributed by atoms with Gasteiger partial charge in [0.1, 0.15) is 0 Å². The van der Waals surface area contributed by atoms with Crippen molar-refractivity contribution in [2.45, 2.75) is 31.7 Å². The van der Waals surface area contributed by atoms with Crippen molar-refractivity contribution in [3.8, 4) is 0 Å². The van der Waals surface area contributed by atoms with Gasteiger partial charge in [0.15, 0.2) is 0 Å². The van der Waals surface area contributed by atoms with Crippen LogP contribution >= 0.6 is 0 Å². The molecule has 1 aromatic heterocycles. The molecule has 4 nitrogen and oxygen atoms in total. The quantitative estimate of drug-likeness (QED) is 0.878. The smallest absolute Gasteiger partial charge is 0.227 e. The molecule has 3 rings (SSSR count). The molecular weight excluding hydrogens is 250 g/mol. The lowest BCUT2D eigenvalue weighted by atomic mass is 10.1. The SMILES string of the molecule is N[C@H]1CCCN(C(=O)Cc2c[nH]c3ccccc23)CC1. The second-order valence-corrected chi connectivity index (χ2v) is 5.61. The van der Waals surface area contributed by atoms with Crippen LogP contribution in [0.3, 0.4) is 0 Å². The summed E-state index contributed by atoms with van der Waals surface area (Å²) in [5.41, 5.74) is 8.14. The first kappa shape index (κ1) is 13.2. The molecule has 1 saturated heterocycles. The van der Waals surface area contributed by atoms with E-state index < -0.39 is 0 Å². The van der Waals surface area contributed by atoms with E-state index in [4.69, 9.17) is 5.73 Å². The number of nitrogens with one attached hydrogen (secondary N) is 1. The highest BCUT2D eigenvalue weighted by atomic mass is 16.2. The number of H-pyrrole nitrogens is 1. The zero-order valence-electron chi connectivity index (χ0n) is 11.6. The van der Waals surface area contributed by atoms with Gasteiger partial charge in [-0.05, 0) is 30.9 Å². The van der Waals surface area contributed by atoms with E-state index >= 15 is 0 Å². The minimum atomic E-state index is 0.212. The molecule has 0 spiro atoms. The summed E-state index contributed by atoms with van der Waals surface area (Å²) in [7, 11) is 0. The summed E-state index contributed by atoms with van der Waals surface area (Å²) in [6, 6.07) is 8.36. The fourth-order valence-corrected chi connectivity index (χ4v) is 2.92. The first-order valence-electron chi connectivity index (χ1n) is 7.32. The monoisotopic (exact) mass is 271 g/mol. The van der Waals surface area contributed by atoms with Gasteiger partial charge >= 0.3 is 0 Å². The van der Waals surface area contributed by atoms with Crippen molar-refractivity contribution in [1.29, 1.82) is 0 Å². The molecule has 1 aliphatic heterocycles. The lowest BCUT2D eigenvalue weighted by molar-refractivity contribution is -0.130. The fraction of sp³-hybridized carbons (Fsp3) is 0.438. The number of nitrogens with two attached hydrogens (primary N) is 1. The van der Waals surface area contributed by atoms with E-state index in [9.17, 15) is 4.79 Å². The number of hydrogen-bond donors (Lipinski definition) is 2. The van der Waals surface area contributed by atoms with Crippen LogP contribution in [0.5, 0.6) is 0 Å². The molecule has 0 radical (unpaired) electrons. The standard InChI is InChI=1S/C16H21N3O/c17-13-4-3-8-19(9-7-13)16(20)10-12-11-18-15-6-2-1-5-14(12)15/h1-2,5-6,11,13,18H,3-4,7-10,17H2/t13-/m0/s1. The van der Waals surface area contributed by atoms with E-state index in [-0.39, 0.29) is 11.9 Å². The van der Waals surface area contributed by atoms with Crippen LogP contribution in [0.2, 0.25) is 0 Å². The highest BCUT2D eigenvalue weighted by Gasteiger charge is 2.19. The molecule has 0 saturated carbocycles. The highest BCUT2D eigenvalue weighted by molar-refractivity contribution is 5.88. The van der Waals surface area contributed by atoms with Gasteiger partial charge < -0.3 is 15.6 Å². The number of nitrogens with zero attached hydrogens (tertiary/aromatic N) is 1.